The van der Waals surface area contributed by atoms with Crippen molar-refractivity contribution >= 4 is 0 Å². The molecule has 1 aromatic rings. The summed E-state index contributed by atoms with van der Waals surface area (Å²) in [5.74, 6) is 0.327. The first-order chi connectivity index (χ1) is 8.58. The average molecular weight is 251 g/mol. The van der Waals surface area contributed by atoms with Crippen molar-refractivity contribution in [1.82, 2.24) is 5.32 Å². The molecule has 1 unspecified atom stereocenters. The van der Waals surface area contributed by atoms with E-state index >= 15 is 0 Å². The van der Waals surface area contributed by atoms with Gasteiger partial charge >= 0.3 is 0 Å². The minimum Gasteiger partial charge on any atom is -0.497 e. The molecule has 0 saturated carbocycles. The van der Waals surface area contributed by atoms with Crippen LogP contribution in [0.1, 0.15) is 38.3 Å². The highest BCUT2D eigenvalue weighted by atomic mass is 19.1. The van der Waals surface area contributed by atoms with E-state index in [1.807, 2.05) is 13.8 Å². The number of nitrogens with one attached hydrogen (secondary N) is 1. The summed E-state index contributed by atoms with van der Waals surface area (Å²) in [6.07, 6.45) is 1.75. The lowest BCUT2D eigenvalue weighted by Crippen LogP contribution is -2.22. The molecule has 0 bridgehead atoms. The molecule has 0 aliphatic carbocycles. The molecule has 1 rings (SSSR count). The van der Waals surface area contributed by atoms with Gasteiger partial charge in [-0.15, -0.1) is 6.58 Å². The van der Waals surface area contributed by atoms with Crippen molar-refractivity contribution in [2.75, 3.05) is 13.7 Å². The van der Waals surface area contributed by atoms with E-state index in [-0.39, 0.29) is 11.9 Å². The zero-order valence-corrected chi connectivity index (χ0v) is 11.4. The van der Waals surface area contributed by atoms with E-state index in [0.29, 0.717) is 11.3 Å². The Hall–Kier alpha value is -1.35. The summed E-state index contributed by atoms with van der Waals surface area (Å²) in [6, 6.07) is 5.04. The maximum atomic E-state index is 14.0. The van der Waals surface area contributed by atoms with Gasteiger partial charge in [-0.25, -0.2) is 4.39 Å². The second-order valence-electron chi connectivity index (χ2n) is 4.49. The van der Waals surface area contributed by atoms with E-state index in [2.05, 4.69) is 11.9 Å². The number of benzene rings is 1. The molecular weight excluding hydrogens is 229 g/mol. The van der Waals surface area contributed by atoms with Crippen molar-refractivity contribution in [3.05, 3.63) is 41.7 Å². The van der Waals surface area contributed by atoms with Gasteiger partial charge in [0.1, 0.15) is 11.6 Å². The molecule has 1 atom stereocenters. The Morgan fingerprint density at radius 1 is 1.50 bits per heavy atom. The first kappa shape index (κ1) is 14.7. The summed E-state index contributed by atoms with van der Waals surface area (Å²) in [5, 5.41) is 3.31. The molecule has 18 heavy (non-hydrogen) atoms. The topological polar surface area (TPSA) is 21.3 Å². The van der Waals surface area contributed by atoms with E-state index in [0.717, 1.165) is 25.0 Å². The van der Waals surface area contributed by atoms with Crippen molar-refractivity contribution in [1.29, 1.82) is 0 Å². The predicted molar refractivity (Wildman–Crippen MR) is 73.4 cm³/mol. The highest BCUT2D eigenvalue weighted by Gasteiger charge is 2.15. The van der Waals surface area contributed by atoms with Crippen molar-refractivity contribution in [3.63, 3.8) is 0 Å². The van der Waals surface area contributed by atoms with Crippen LogP contribution in [0.3, 0.4) is 0 Å². The number of rotatable bonds is 7. The molecule has 2 nitrogen and oxygen atoms in total. The molecule has 0 amide bonds. The second kappa shape index (κ2) is 7.17. The third kappa shape index (κ3) is 4.15. The second-order valence-corrected chi connectivity index (χ2v) is 4.49. The number of hydrogen-bond acceptors (Lipinski definition) is 2. The van der Waals surface area contributed by atoms with Crippen LogP contribution < -0.4 is 10.1 Å². The minimum absolute atomic E-state index is 0.0256. The number of allylic oxidation sites excluding steroid dienone is 1. The van der Waals surface area contributed by atoms with Crippen LogP contribution in [0.4, 0.5) is 4.39 Å². The van der Waals surface area contributed by atoms with Gasteiger partial charge in [-0.2, -0.15) is 0 Å². The molecule has 0 aliphatic rings. The Morgan fingerprint density at radius 2 is 2.22 bits per heavy atom. The van der Waals surface area contributed by atoms with Crippen LogP contribution in [0.5, 0.6) is 5.75 Å². The smallest absolute Gasteiger partial charge is 0.131 e. The van der Waals surface area contributed by atoms with Crippen LogP contribution in [-0.2, 0) is 0 Å². The third-order valence-corrected chi connectivity index (χ3v) is 2.89. The standard InChI is InChI=1S/C15H22FNO/c1-5-17-15(9-6-11(2)3)13-8-7-12(18-4)10-14(13)16/h7-8,10,15,17H,2,5-6,9H2,1,3-4H3. The zero-order chi connectivity index (χ0) is 13.5. The number of halogens is 1. The lowest BCUT2D eigenvalue weighted by molar-refractivity contribution is 0.408. The monoisotopic (exact) mass is 251 g/mol. The normalized spacial score (nSPS) is 12.2. The Kier molecular flexibility index (Phi) is 5.86. The van der Waals surface area contributed by atoms with E-state index in [1.54, 1.807) is 12.1 Å². The van der Waals surface area contributed by atoms with E-state index in [4.69, 9.17) is 4.74 Å². The summed E-state index contributed by atoms with van der Waals surface area (Å²) < 4.78 is 19.0. The van der Waals surface area contributed by atoms with Crippen molar-refractivity contribution in [2.45, 2.75) is 32.7 Å². The fourth-order valence-corrected chi connectivity index (χ4v) is 1.92. The van der Waals surface area contributed by atoms with Crippen LogP contribution in [-0.4, -0.2) is 13.7 Å². The van der Waals surface area contributed by atoms with Crippen LogP contribution in [0.25, 0.3) is 0 Å². The lowest BCUT2D eigenvalue weighted by Gasteiger charge is -2.19. The lowest BCUT2D eigenvalue weighted by atomic mass is 9.99. The maximum absolute atomic E-state index is 14.0. The molecule has 3 heteroatoms. The minimum atomic E-state index is -0.220. The molecule has 1 N–H and O–H groups in total. The molecule has 0 saturated heterocycles. The zero-order valence-electron chi connectivity index (χ0n) is 11.4. The molecule has 0 aliphatic heterocycles. The summed E-state index contributed by atoms with van der Waals surface area (Å²) >= 11 is 0. The van der Waals surface area contributed by atoms with Crippen molar-refractivity contribution in [2.24, 2.45) is 0 Å². The molecule has 1 aromatic carbocycles. The summed E-state index contributed by atoms with van der Waals surface area (Å²) in [4.78, 5) is 0. The van der Waals surface area contributed by atoms with E-state index in [9.17, 15) is 4.39 Å². The first-order valence-corrected chi connectivity index (χ1v) is 6.29. The van der Waals surface area contributed by atoms with E-state index < -0.39 is 0 Å². The predicted octanol–water partition coefficient (Wildman–Crippen LogP) is 3.84. The van der Waals surface area contributed by atoms with Crippen LogP contribution in [0, 0.1) is 5.82 Å². The highest BCUT2D eigenvalue weighted by molar-refractivity contribution is 5.31. The molecule has 0 spiro atoms. The molecule has 0 heterocycles. The first-order valence-electron chi connectivity index (χ1n) is 6.29. The highest BCUT2D eigenvalue weighted by Crippen LogP contribution is 2.25. The van der Waals surface area contributed by atoms with Crippen LogP contribution in [0.2, 0.25) is 0 Å². The molecular formula is C15H22FNO. The van der Waals surface area contributed by atoms with Crippen LogP contribution in [0.15, 0.2) is 30.4 Å². The SMILES string of the molecule is C=C(C)CCC(NCC)c1ccc(OC)cc1F. The van der Waals surface area contributed by atoms with Gasteiger partial charge in [0.25, 0.3) is 0 Å². The van der Waals surface area contributed by atoms with Crippen molar-refractivity contribution < 1.29 is 9.13 Å². The Labute approximate surface area is 109 Å². The number of hydrogen-bond donors (Lipinski definition) is 1. The fourth-order valence-electron chi connectivity index (χ4n) is 1.92. The van der Waals surface area contributed by atoms with Gasteiger partial charge < -0.3 is 10.1 Å². The third-order valence-electron chi connectivity index (χ3n) is 2.89. The molecule has 0 aromatic heterocycles. The molecule has 100 valence electrons. The van der Waals surface area contributed by atoms with E-state index in [1.165, 1.54) is 13.2 Å². The summed E-state index contributed by atoms with van der Waals surface area (Å²) in [5.41, 5.74) is 1.81. The molecule has 0 radical (unpaired) electrons. The van der Waals surface area contributed by atoms with Gasteiger partial charge in [-0.05, 0) is 32.4 Å². The van der Waals surface area contributed by atoms with Crippen molar-refractivity contribution in [3.8, 4) is 5.75 Å². The van der Waals surface area contributed by atoms with Gasteiger partial charge in [-0.3, -0.25) is 0 Å². The largest absolute Gasteiger partial charge is 0.497 e. The Bertz CT molecular complexity index is 403. The van der Waals surface area contributed by atoms with Gasteiger partial charge in [0.2, 0.25) is 0 Å². The van der Waals surface area contributed by atoms with Gasteiger partial charge in [-0.1, -0.05) is 18.6 Å². The molecule has 0 fully saturated rings. The summed E-state index contributed by atoms with van der Waals surface area (Å²) in [7, 11) is 1.54. The fraction of sp³-hybridized carbons (Fsp3) is 0.467. The van der Waals surface area contributed by atoms with Gasteiger partial charge in [0.05, 0.1) is 7.11 Å². The number of ether oxygens (including phenoxy) is 1. The quantitative estimate of drug-likeness (QED) is 0.743. The average Bonchev–Trinajstić information content (AvgIpc) is 2.34. The van der Waals surface area contributed by atoms with Gasteiger partial charge in [0.15, 0.2) is 0 Å². The number of methoxy groups -OCH3 is 1. The summed E-state index contributed by atoms with van der Waals surface area (Å²) in [6.45, 7) is 8.72. The Morgan fingerprint density at radius 3 is 2.72 bits per heavy atom. The maximum Gasteiger partial charge on any atom is 0.131 e. The Balaban J connectivity index is 2.87. The van der Waals surface area contributed by atoms with Gasteiger partial charge in [0, 0.05) is 17.7 Å². The van der Waals surface area contributed by atoms with Crippen LogP contribution >= 0.6 is 0 Å².